The zero-order valence-corrected chi connectivity index (χ0v) is 13.3. The van der Waals surface area contributed by atoms with Gasteiger partial charge in [-0.15, -0.1) is 0 Å². The number of aryl methyl sites for hydroxylation is 2. The number of aliphatic carboxylic acids is 1. The molecule has 1 N–H and O–H groups in total. The van der Waals surface area contributed by atoms with E-state index in [2.05, 4.69) is 6.07 Å². The minimum Gasteiger partial charge on any atom is -0.477 e. The molecule has 4 heteroatoms. The molecule has 4 nitrogen and oxygen atoms in total. The summed E-state index contributed by atoms with van der Waals surface area (Å²) in [5, 5.41) is 17.6. The molecule has 0 saturated heterocycles. The Balaban J connectivity index is 2.27. The van der Waals surface area contributed by atoms with Gasteiger partial charge in [0.1, 0.15) is 23.1 Å². The van der Waals surface area contributed by atoms with Crippen molar-refractivity contribution < 1.29 is 14.6 Å². The second-order valence-electron chi connectivity index (χ2n) is 5.30. The fourth-order valence-corrected chi connectivity index (χ4v) is 2.14. The highest BCUT2D eigenvalue weighted by Crippen LogP contribution is 2.30. The molecule has 2 aromatic rings. The van der Waals surface area contributed by atoms with Gasteiger partial charge in [0, 0.05) is 0 Å². The lowest BCUT2D eigenvalue weighted by Crippen LogP contribution is -1.97. The van der Waals surface area contributed by atoms with Crippen LogP contribution in [-0.2, 0) is 4.79 Å². The molecule has 0 atom stereocenters. The van der Waals surface area contributed by atoms with Crippen LogP contribution in [0.2, 0.25) is 0 Å². The van der Waals surface area contributed by atoms with Gasteiger partial charge in [-0.05, 0) is 61.2 Å². The van der Waals surface area contributed by atoms with Gasteiger partial charge < -0.3 is 9.84 Å². The van der Waals surface area contributed by atoms with Crippen LogP contribution in [0.1, 0.15) is 22.3 Å². The topological polar surface area (TPSA) is 70.3 Å². The quantitative estimate of drug-likeness (QED) is 0.671. The third kappa shape index (κ3) is 3.78. The summed E-state index contributed by atoms with van der Waals surface area (Å²) < 4.78 is 5.95. The van der Waals surface area contributed by atoms with Gasteiger partial charge in [0.2, 0.25) is 0 Å². The van der Waals surface area contributed by atoms with E-state index in [0.29, 0.717) is 11.3 Å². The maximum Gasteiger partial charge on any atom is 0.346 e. The molecule has 0 fully saturated rings. The number of hydrogen-bond acceptors (Lipinski definition) is 3. The number of ether oxygens (including phenoxy) is 1. The van der Waals surface area contributed by atoms with E-state index in [0.717, 1.165) is 22.4 Å². The molecule has 0 bridgehead atoms. The molecule has 0 heterocycles. The maximum atomic E-state index is 10.8. The number of carboxylic acids is 1. The molecule has 0 spiro atoms. The lowest BCUT2D eigenvalue weighted by Gasteiger charge is -2.13. The van der Waals surface area contributed by atoms with Crippen LogP contribution < -0.4 is 4.74 Å². The van der Waals surface area contributed by atoms with E-state index in [4.69, 9.17) is 15.1 Å². The lowest BCUT2D eigenvalue weighted by molar-refractivity contribution is -0.132. The average Bonchev–Trinajstić information content (AvgIpc) is 2.54. The first kappa shape index (κ1) is 16.3. The van der Waals surface area contributed by atoms with Crippen LogP contribution in [0, 0.1) is 32.1 Å². The zero-order chi connectivity index (χ0) is 17.0. The highest BCUT2D eigenvalue weighted by Gasteiger charge is 2.08. The number of carbonyl (C=O) groups is 1. The minimum atomic E-state index is -1.24. The van der Waals surface area contributed by atoms with Crippen molar-refractivity contribution in [2.75, 3.05) is 0 Å². The molecule has 0 saturated carbocycles. The summed E-state index contributed by atoms with van der Waals surface area (Å²) in [7, 11) is 0. The fourth-order valence-electron chi connectivity index (χ4n) is 2.14. The van der Waals surface area contributed by atoms with E-state index in [1.54, 1.807) is 30.3 Å². The smallest absolute Gasteiger partial charge is 0.346 e. The van der Waals surface area contributed by atoms with Crippen LogP contribution in [0.15, 0.2) is 42.0 Å². The van der Waals surface area contributed by atoms with E-state index < -0.39 is 5.97 Å². The Morgan fingerprint density at radius 3 is 2.26 bits per heavy atom. The van der Waals surface area contributed by atoms with E-state index in [9.17, 15) is 4.79 Å². The highest BCUT2D eigenvalue weighted by atomic mass is 16.5. The number of benzene rings is 2. The summed E-state index contributed by atoms with van der Waals surface area (Å²) in [6.07, 6.45) is 1.33. The molecule has 116 valence electrons. The van der Waals surface area contributed by atoms with Gasteiger partial charge in [-0.3, -0.25) is 0 Å². The van der Waals surface area contributed by atoms with E-state index in [-0.39, 0.29) is 5.57 Å². The minimum absolute atomic E-state index is 0.302. The van der Waals surface area contributed by atoms with Gasteiger partial charge in [0.05, 0.1) is 0 Å². The summed E-state index contributed by atoms with van der Waals surface area (Å²) in [4.78, 5) is 10.8. The summed E-state index contributed by atoms with van der Waals surface area (Å²) in [6, 6.07) is 12.7. The van der Waals surface area contributed by atoms with E-state index in [1.807, 2.05) is 26.8 Å². The number of nitriles is 1. The predicted octanol–water partition coefficient (Wildman–Crippen LogP) is 4.40. The normalized spacial score (nSPS) is 11.0. The Morgan fingerprint density at radius 2 is 1.70 bits per heavy atom. The first-order chi connectivity index (χ1) is 10.9. The molecule has 0 amide bonds. The summed E-state index contributed by atoms with van der Waals surface area (Å²) >= 11 is 0. The lowest BCUT2D eigenvalue weighted by atomic mass is 10.1. The van der Waals surface area contributed by atoms with Gasteiger partial charge in [0.25, 0.3) is 0 Å². The van der Waals surface area contributed by atoms with Crippen molar-refractivity contribution in [1.29, 1.82) is 5.26 Å². The average molecular weight is 307 g/mol. The third-order valence-corrected chi connectivity index (χ3v) is 3.64. The van der Waals surface area contributed by atoms with Crippen LogP contribution in [0.25, 0.3) is 6.08 Å². The number of rotatable bonds is 4. The first-order valence-electron chi connectivity index (χ1n) is 7.12. The molecular formula is C19H17NO3. The standard InChI is InChI=1S/C19H17NO3/c1-12-4-5-13(2)18(14(12)3)23-17-8-6-15(7-9-17)10-16(11-20)19(21)22/h4-10H,1-3H3,(H,21,22). The largest absolute Gasteiger partial charge is 0.477 e. The molecule has 2 rings (SSSR count). The Kier molecular flexibility index (Phi) is 4.82. The van der Waals surface area contributed by atoms with Crippen molar-refractivity contribution in [3.63, 3.8) is 0 Å². The molecule has 0 aliphatic carbocycles. The highest BCUT2D eigenvalue weighted by molar-refractivity contribution is 5.96. The molecule has 0 aliphatic heterocycles. The van der Waals surface area contributed by atoms with Crippen LogP contribution in [-0.4, -0.2) is 11.1 Å². The Morgan fingerprint density at radius 1 is 1.09 bits per heavy atom. The monoisotopic (exact) mass is 307 g/mol. The molecule has 0 radical (unpaired) electrons. The van der Waals surface area contributed by atoms with Gasteiger partial charge >= 0.3 is 5.97 Å². The van der Waals surface area contributed by atoms with E-state index >= 15 is 0 Å². The Labute approximate surface area is 135 Å². The molecule has 0 unspecified atom stereocenters. The molecule has 23 heavy (non-hydrogen) atoms. The van der Waals surface area contributed by atoms with E-state index in [1.165, 1.54) is 6.08 Å². The summed E-state index contributed by atoms with van der Waals surface area (Å²) in [6.45, 7) is 6.04. The van der Waals surface area contributed by atoms with Gasteiger partial charge in [-0.2, -0.15) is 5.26 Å². The van der Waals surface area contributed by atoms with Crippen molar-refractivity contribution in [3.05, 3.63) is 64.2 Å². The van der Waals surface area contributed by atoms with Crippen molar-refractivity contribution in [2.45, 2.75) is 20.8 Å². The maximum absolute atomic E-state index is 10.8. The van der Waals surface area contributed by atoms with Gasteiger partial charge in [-0.25, -0.2) is 4.79 Å². The molecule has 2 aromatic carbocycles. The SMILES string of the molecule is Cc1ccc(C)c(Oc2ccc(C=C(C#N)C(=O)O)cc2)c1C. The van der Waals surface area contributed by atoms with Gasteiger partial charge in [-0.1, -0.05) is 24.3 Å². The third-order valence-electron chi connectivity index (χ3n) is 3.64. The Bertz CT molecular complexity index is 812. The van der Waals surface area contributed by atoms with Crippen LogP contribution in [0.3, 0.4) is 0 Å². The zero-order valence-electron chi connectivity index (χ0n) is 13.3. The fraction of sp³-hybridized carbons (Fsp3) is 0.158. The molecular weight excluding hydrogens is 290 g/mol. The molecule has 0 aliphatic rings. The number of hydrogen-bond donors (Lipinski definition) is 1. The first-order valence-corrected chi connectivity index (χ1v) is 7.12. The molecule has 0 aromatic heterocycles. The second kappa shape index (κ2) is 6.80. The van der Waals surface area contributed by atoms with Crippen molar-refractivity contribution >= 4 is 12.0 Å². The number of nitrogens with zero attached hydrogens (tertiary/aromatic N) is 1. The van der Waals surface area contributed by atoms with Crippen LogP contribution in [0.4, 0.5) is 0 Å². The van der Waals surface area contributed by atoms with Crippen molar-refractivity contribution in [1.82, 2.24) is 0 Å². The van der Waals surface area contributed by atoms with Crippen LogP contribution >= 0.6 is 0 Å². The van der Waals surface area contributed by atoms with Crippen LogP contribution in [0.5, 0.6) is 11.5 Å². The summed E-state index contributed by atoms with van der Waals surface area (Å²) in [5.41, 5.74) is 3.63. The predicted molar refractivity (Wildman–Crippen MR) is 88.4 cm³/mol. The Hall–Kier alpha value is -3.06. The van der Waals surface area contributed by atoms with Crippen molar-refractivity contribution in [3.8, 4) is 17.6 Å². The van der Waals surface area contributed by atoms with Crippen molar-refractivity contribution in [2.24, 2.45) is 0 Å². The number of carboxylic acid groups (broad SMARTS) is 1. The van der Waals surface area contributed by atoms with Gasteiger partial charge in [0.15, 0.2) is 0 Å². The second-order valence-corrected chi connectivity index (χ2v) is 5.30. The summed E-state index contributed by atoms with van der Waals surface area (Å²) in [5.74, 6) is 0.253.